The van der Waals surface area contributed by atoms with Crippen molar-refractivity contribution >= 4 is 17.5 Å². The van der Waals surface area contributed by atoms with Crippen LogP contribution < -0.4 is 5.32 Å². The number of hydrogen-bond acceptors (Lipinski definition) is 3. The number of amides is 1. The number of benzene rings is 1. The van der Waals surface area contributed by atoms with Crippen molar-refractivity contribution in [2.45, 2.75) is 43.6 Å². The zero-order chi connectivity index (χ0) is 17.2. The maximum Gasteiger partial charge on any atom is 0.230 e. The number of carbonyl (C=O) groups excluding carboxylic acids is 1. The summed E-state index contributed by atoms with van der Waals surface area (Å²) in [5.74, 6) is 0.393. The van der Waals surface area contributed by atoms with E-state index in [0.717, 1.165) is 31.2 Å². The molecule has 1 unspecified atom stereocenters. The van der Waals surface area contributed by atoms with Crippen molar-refractivity contribution in [1.29, 1.82) is 0 Å². The Morgan fingerprint density at radius 3 is 2.54 bits per heavy atom. The van der Waals surface area contributed by atoms with Gasteiger partial charge in [-0.3, -0.25) is 4.79 Å². The first kappa shape index (κ1) is 17.1. The Bertz CT molecular complexity index is 686. The predicted molar refractivity (Wildman–Crippen MR) is 92.9 cm³/mol. The van der Waals surface area contributed by atoms with Gasteiger partial charge in [-0.25, -0.2) is 0 Å². The lowest BCUT2D eigenvalue weighted by atomic mass is 9.78. The summed E-state index contributed by atoms with van der Waals surface area (Å²) >= 11 is 5.98. The maximum atomic E-state index is 13.0. The lowest BCUT2D eigenvalue weighted by Crippen LogP contribution is -2.47. The number of hydrogen-bond donors (Lipinski definition) is 2. The van der Waals surface area contributed by atoms with E-state index in [4.69, 9.17) is 16.0 Å². The zero-order valence-electron chi connectivity index (χ0n) is 13.7. The van der Waals surface area contributed by atoms with Gasteiger partial charge in [-0.05, 0) is 49.6 Å². The lowest BCUT2D eigenvalue weighted by molar-refractivity contribution is -0.128. The molecule has 0 aliphatic heterocycles. The molecule has 4 nitrogen and oxygen atoms in total. The van der Waals surface area contributed by atoms with Gasteiger partial charge in [0.25, 0.3) is 0 Å². The third kappa shape index (κ3) is 3.21. The summed E-state index contributed by atoms with van der Waals surface area (Å²) in [6.45, 7) is 1.74. The highest BCUT2D eigenvalue weighted by molar-refractivity contribution is 6.30. The number of aliphatic hydroxyl groups is 1. The molecular weight excluding hydrogens is 326 g/mol. The number of nitrogens with one attached hydrogen (secondary N) is 1. The van der Waals surface area contributed by atoms with Crippen molar-refractivity contribution < 1.29 is 14.3 Å². The Morgan fingerprint density at radius 2 is 1.96 bits per heavy atom. The monoisotopic (exact) mass is 347 g/mol. The van der Waals surface area contributed by atoms with Gasteiger partial charge in [-0.1, -0.05) is 36.6 Å². The Balaban J connectivity index is 1.77. The highest BCUT2D eigenvalue weighted by Gasteiger charge is 2.43. The topological polar surface area (TPSA) is 62.5 Å². The molecule has 1 heterocycles. The molecule has 128 valence electrons. The summed E-state index contributed by atoms with van der Waals surface area (Å²) in [6, 6.07) is 10.9. The Hall–Kier alpha value is -1.78. The van der Waals surface area contributed by atoms with Crippen LogP contribution in [0, 0.1) is 0 Å². The van der Waals surface area contributed by atoms with Crippen LogP contribution in [0.25, 0.3) is 0 Å². The van der Waals surface area contributed by atoms with Gasteiger partial charge < -0.3 is 14.8 Å². The molecule has 0 bridgehead atoms. The fraction of sp³-hybridized carbons (Fsp3) is 0.421. The van der Waals surface area contributed by atoms with Gasteiger partial charge in [0.05, 0.1) is 18.2 Å². The summed E-state index contributed by atoms with van der Waals surface area (Å²) in [6.07, 6.45) is 5.17. The largest absolute Gasteiger partial charge is 0.466 e. The van der Waals surface area contributed by atoms with Gasteiger partial charge in [-0.2, -0.15) is 0 Å². The molecule has 0 spiro atoms. The van der Waals surface area contributed by atoms with E-state index in [9.17, 15) is 9.90 Å². The van der Waals surface area contributed by atoms with E-state index in [1.54, 1.807) is 19.1 Å². The molecule has 1 aromatic heterocycles. The van der Waals surface area contributed by atoms with Crippen LogP contribution >= 0.6 is 11.6 Å². The Labute approximate surface area is 146 Å². The predicted octanol–water partition coefficient (Wildman–Crippen LogP) is 3.77. The zero-order valence-corrected chi connectivity index (χ0v) is 14.5. The van der Waals surface area contributed by atoms with Gasteiger partial charge in [0.2, 0.25) is 5.91 Å². The highest BCUT2D eigenvalue weighted by Crippen LogP contribution is 2.41. The van der Waals surface area contributed by atoms with Crippen LogP contribution in [0.1, 0.15) is 43.9 Å². The van der Waals surface area contributed by atoms with Crippen molar-refractivity contribution in [1.82, 2.24) is 5.32 Å². The van der Waals surface area contributed by atoms with Crippen molar-refractivity contribution in [2.75, 3.05) is 6.54 Å². The lowest BCUT2D eigenvalue weighted by Gasteiger charge is -2.30. The first-order valence-corrected chi connectivity index (χ1v) is 8.63. The molecule has 24 heavy (non-hydrogen) atoms. The average molecular weight is 348 g/mol. The third-order valence-corrected chi connectivity index (χ3v) is 5.19. The van der Waals surface area contributed by atoms with E-state index in [0.29, 0.717) is 10.8 Å². The molecule has 1 amide bonds. The van der Waals surface area contributed by atoms with Gasteiger partial charge >= 0.3 is 0 Å². The summed E-state index contributed by atoms with van der Waals surface area (Å²) in [5, 5.41) is 14.1. The van der Waals surface area contributed by atoms with Gasteiger partial charge in [0.1, 0.15) is 11.4 Å². The smallest absolute Gasteiger partial charge is 0.230 e. The molecule has 1 saturated carbocycles. The minimum absolute atomic E-state index is 0.0471. The summed E-state index contributed by atoms with van der Waals surface area (Å²) in [7, 11) is 0. The number of rotatable bonds is 5. The third-order valence-electron chi connectivity index (χ3n) is 4.93. The first-order chi connectivity index (χ1) is 11.4. The van der Waals surface area contributed by atoms with Gasteiger partial charge in [0.15, 0.2) is 0 Å². The summed E-state index contributed by atoms with van der Waals surface area (Å²) in [5.41, 5.74) is -0.789. The second kappa shape index (κ2) is 6.61. The van der Waals surface area contributed by atoms with Crippen molar-refractivity contribution in [3.63, 3.8) is 0 Å². The van der Waals surface area contributed by atoms with E-state index in [-0.39, 0.29) is 12.5 Å². The average Bonchev–Trinajstić information content (AvgIpc) is 3.25. The standard InChI is InChI=1S/C19H22ClNO3/c1-18(23,16-5-4-12-24-16)13-21-17(22)19(10-2-3-11-19)14-6-8-15(20)9-7-14/h4-9,12,23H,2-3,10-11,13H2,1H3,(H,21,22). The normalized spacial score (nSPS) is 19.0. The maximum absolute atomic E-state index is 13.0. The van der Waals surface area contributed by atoms with E-state index in [2.05, 4.69) is 5.32 Å². The van der Waals surface area contributed by atoms with Crippen LogP contribution in [0.3, 0.4) is 0 Å². The molecular formula is C19H22ClNO3. The van der Waals surface area contributed by atoms with Crippen molar-refractivity contribution in [2.24, 2.45) is 0 Å². The van der Waals surface area contributed by atoms with Crippen LogP contribution in [0.2, 0.25) is 5.02 Å². The van der Waals surface area contributed by atoms with Crippen LogP contribution in [0.4, 0.5) is 0 Å². The molecule has 2 aromatic rings. The Morgan fingerprint density at radius 1 is 1.29 bits per heavy atom. The van der Waals surface area contributed by atoms with Crippen LogP contribution in [0.15, 0.2) is 47.1 Å². The number of halogens is 1. The van der Waals surface area contributed by atoms with Gasteiger partial charge in [-0.15, -0.1) is 0 Å². The Kier molecular flexibility index (Phi) is 4.70. The van der Waals surface area contributed by atoms with E-state index in [1.165, 1.54) is 6.26 Å². The van der Waals surface area contributed by atoms with E-state index < -0.39 is 11.0 Å². The minimum atomic E-state index is -1.24. The van der Waals surface area contributed by atoms with E-state index in [1.807, 2.05) is 24.3 Å². The van der Waals surface area contributed by atoms with Crippen LogP contribution in [-0.2, 0) is 15.8 Å². The molecule has 1 atom stereocenters. The molecule has 1 aliphatic rings. The molecule has 5 heteroatoms. The van der Waals surface area contributed by atoms with Crippen LogP contribution in [-0.4, -0.2) is 17.6 Å². The van der Waals surface area contributed by atoms with Gasteiger partial charge in [0, 0.05) is 5.02 Å². The second-order valence-electron chi connectivity index (χ2n) is 6.73. The fourth-order valence-corrected chi connectivity index (χ4v) is 3.61. The molecule has 1 fully saturated rings. The SMILES string of the molecule is CC(O)(CNC(=O)C1(c2ccc(Cl)cc2)CCCC1)c1ccco1. The van der Waals surface area contributed by atoms with Crippen LogP contribution in [0.5, 0.6) is 0 Å². The molecule has 0 radical (unpaired) electrons. The molecule has 3 rings (SSSR count). The fourth-order valence-electron chi connectivity index (χ4n) is 3.49. The summed E-state index contributed by atoms with van der Waals surface area (Å²) in [4.78, 5) is 13.0. The molecule has 0 saturated heterocycles. The number of furan rings is 1. The molecule has 2 N–H and O–H groups in total. The molecule has 1 aromatic carbocycles. The highest BCUT2D eigenvalue weighted by atomic mass is 35.5. The summed E-state index contributed by atoms with van der Waals surface area (Å²) < 4.78 is 5.26. The minimum Gasteiger partial charge on any atom is -0.466 e. The first-order valence-electron chi connectivity index (χ1n) is 8.25. The molecule has 1 aliphatic carbocycles. The number of carbonyl (C=O) groups is 1. The van der Waals surface area contributed by atoms with E-state index >= 15 is 0 Å². The quantitative estimate of drug-likeness (QED) is 0.865. The van der Waals surface area contributed by atoms with Crippen molar-refractivity contribution in [3.05, 3.63) is 59.0 Å². The second-order valence-corrected chi connectivity index (χ2v) is 7.17. The van der Waals surface area contributed by atoms with Crippen molar-refractivity contribution in [3.8, 4) is 0 Å².